The molecule has 0 unspecified atom stereocenters. The first-order valence-electron chi connectivity index (χ1n) is 8.63. The van der Waals surface area contributed by atoms with Crippen molar-refractivity contribution in [3.8, 4) is 5.75 Å². The molecule has 2 aromatic rings. The highest BCUT2D eigenvalue weighted by atomic mass is 16.5. The molecule has 1 aromatic carbocycles. The van der Waals surface area contributed by atoms with Crippen LogP contribution in [-0.4, -0.2) is 29.5 Å². The van der Waals surface area contributed by atoms with Gasteiger partial charge in [0.05, 0.1) is 7.11 Å². The minimum absolute atomic E-state index is 0.210. The Kier molecular flexibility index (Phi) is 7.19. The van der Waals surface area contributed by atoms with E-state index in [0.29, 0.717) is 18.2 Å². The average molecular weight is 342 g/mol. The number of aryl methyl sites for hydroxylation is 1. The number of hydrogen-bond acceptors (Lipinski definition) is 5. The zero-order valence-electron chi connectivity index (χ0n) is 15.1. The Morgan fingerprint density at radius 1 is 1.16 bits per heavy atom. The van der Waals surface area contributed by atoms with Gasteiger partial charge in [-0.05, 0) is 37.1 Å². The van der Waals surface area contributed by atoms with Crippen LogP contribution in [0.2, 0.25) is 0 Å². The number of rotatable bonds is 9. The number of unbranched alkanes of at least 4 members (excludes halogenated alkanes) is 2. The van der Waals surface area contributed by atoms with Crippen LogP contribution in [0.5, 0.6) is 5.75 Å². The zero-order chi connectivity index (χ0) is 18.1. The van der Waals surface area contributed by atoms with Crippen LogP contribution in [-0.2, 0) is 6.54 Å². The van der Waals surface area contributed by atoms with Gasteiger partial charge in [-0.2, -0.15) is 0 Å². The van der Waals surface area contributed by atoms with E-state index in [-0.39, 0.29) is 5.91 Å². The van der Waals surface area contributed by atoms with E-state index in [1.165, 1.54) is 0 Å². The van der Waals surface area contributed by atoms with Crippen molar-refractivity contribution >= 4 is 11.9 Å². The lowest BCUT2D eigenvalue weighted by molar-refractivity contribution is 0.0945. The van der Waals surface area contributed by atoms with Gasteiger partial charge < -0.3 is 15.4 Å². The van der Waals surface area contributed by atoms with Gasteiger partial charge in [-0.1, -0.05) is 31.9 Å². The number of carbonyl (C=O) groups excluding carboxylic acids is 1. The molecule has 1 heterocycles. The lowest BCUT2D eigenvalue weighted by Crippen LogP contribution is -2.24. The summed E-state index contributed by atoms with van der Waals surface area (Å²) >= 11 is 0. The van der Waals surface area contributed by atoms with Gasteiger partial charge in [-0.3, -0.25) is 4.79 Å². The maximum atomic E-state index is 12.4. The maximum absolute atomic E-state index is 12.4. The van der Waals surface area contributed by atoms with Crippen LogP contribution in [0.1, 0.15) is 47.9 Å². The van der Waals surface area contributed by atoms with Gasteiger partial charge in [0.2, 0.25) is 5.95 Å². The predicted molar refractivity (Wildman–Crippen MR) is 98.9 cm³/mol. The van der Waals surface area contributed by atoms with Crippen LogP contribution in [0.3, 0.4) is 0 Å². The van der Waals surface area contributed by atoms with Crippen molar-refractivity contribution in [2.75, 3.05) is 19.0 Å². The van der Waals surface area contributed by atoms with E-state index in [1.54, 1.807) is 13.2 Å². The van der Waals surface area contributed by atoms with Gasteiger partial charge in [0.15, 0.2) is 0 Å². The smallest absolute Gasteiger partial charge is 0.270 e. The number of aromatic nitrogens is 2. The Hall–Kier alpha value is -2.63. The van der Waals surface area contributed by atoms with Crippen molar-refractivity contribution in [2.24, 2.45) is 0 Å². The van der Waals surface area contributed by atoms with Crippen molar-refractivity contribution in [1.82, 2.24) is 15.3 Å². The summed E-state index contributed by atoms with van der Waals surface area (Å²) in [5.41, 5.74) is 2.14. The van der Waals surface area contributed by atoms with Crippen molar-refractivity contribution < 1.29 is 9.53 Å². The molecule has 0 radical (unpaired) electrons. The fraction of sp³-hybridized carbons (Fsp3) is 0.421. The second-order valence-corrected chi connectivity index (χ2v) is 5.88. The van der Waals surface area contributed by atoms with Crippen LogP contribution in [0, 0.1) is 6.92 Å². The molecular formula is C19H26N4O2. The third kappa shape index (κ3) is 6.06. The highest BCUT2D eigenvalue weighted by Crippen LogP contribution is 2.11. The Balaban J connectivity index is 1.94. The monoisotopic (exact) mass is 342 g/mol. The largest absolute Gasteiger partial charge is 0.497 e. The molecule has 2 rings (SSSR count). The topological polar surface area (TPSA) is 76.1 Å². The van der Waals surface area contributed by atoms with Gasteiger partial charge in [-0.25, -0.2) is 9.97 Å². The summed E-state index contributed by atoms with van der Waals surface area (Å²) in [6.07, 6.45) is 3.39. The summed E-state index contributed by atoms with van der Waals surface area (Å²) in [7, 11) is 1.63. The van der Waals surface area contributed by atoms with Crippen molar-refractivity contribution in [3.05, 3.63) is 47.3 Å². The summed E-state index contributed by atoms with van der Waals surface area (Å²) < 4.78 is 5.13. The van der Waals surface area contributed by atoms with Crippen LogP contribution < -0.4 is 15.4 Å². The number of ether oxygens (including phenoxy) is 1. The summed E-state index contributed by atoms with van der Waals surface area (Å²) in [6, 6.07) is 9.28. The number of benzene rings is 1. The minimum atomic E-state index is -0.210. The third-order valence-corrected chi connectivity index (χ3v) is 3.76. The second kappa shape index (κ2) is 9.61. The zero-order valence-corrected chi connectivity index (χ0v) is 15.1. The molecular weight excluding hydrogens is 316 g/mol. The van der Waals surface area contributed by atoms with Crippen molar-refractivity contribution in [1.29, 1.82) is 0 Å². The molecule has 0 saturated heterocycles. The maximum Gasteiger partial charge on any atom is 0.270 e. The van der Waals surface area contributed by atoms with E-state index in [9.17, 15) is 4.79 Å². The number of amides is 1. The Labute approximate surface area is 149 Å². The molecule has 1 aromatic heterocycles. The molecule has 0 aliphatic heterocycles. The van der Waals surface area contributed by atoms with Crippen LogP contribution in [0.25, 0.3) is 0 Å². The van der Waals surface area contributed by atoms with Crippen LogP contribution in [0.15, 0.2) is 30.3 Å². The third-order valence-electron chi connectivity index (χ3n) is 3.76. The number of nitrogens with zero attached hydrogens (tertiary/aromatic N) is 2. The first-order valence-corrected chi connectivity index (χ1v) is 8.63. The molecule has 0 aliphatic carbocycles. The van der Waals surface area contributed by atoms with Gasteiger partial charge in [-0.15, -0.1) is 0 Å². The fourth-order valence-electron chi connectivity index (χ4n) is 2.36. The summed E-state index contributed by atoms with van der Waals surface area (Å²) in [5, 5.41) is 6.07. The van der Waals surface area contributed by atoms with Crippen LogP contribution >= 0.6 is 0 Å². The van der Waals surface area contributed by atoms with Crippen molar-refractivity contribution in [3.63, 3.8) is 0 Å². The first-order chi connectivity index (χ1) is 12.1. The number of carbonyl (C=O) groups is 1. The highest BCUT2D eigenvalue weighted by Gasteiger charge is 2.10. The van der Waals surface area contributed by atoms with Gasteiger partial charge in [0.25, 0.3) is 5.91 Å². The molecule has 0 aliphatic rings. The Bertz CT molecular complexity index is 686. The predicted octanol–water partition coefficient (Wildman–Crippen LogP) is 3.33. The molecule has 0 fully saturated rings. The second-order valence-electron chi connectivity index (χ2n) is 5.88. The summed E-state index contributed by atoms with van der Waals surface area (Å²) in [6.45, 7) is 5.27. The van der Waals surface area contributed by atoms with E-state index in [4.69, 9.17) is 4.74 Å². The fourth-order valence-corrected chi connectivity index (χ4v) is 2.36. The number of nitrogens with one attached hydrogen (secondary N) is 2. The molecule has 6 heteroatoms. The Morgan fingerprint density at radius 3 is 2.60 bits per heavy atom. The molecule has 0 bridgehead atoms. The summed E-state index contributed by atoms with van der Waals surface area (Å²) in [4.78, 5) is 21.0. The lowest BCUT2D eigenvalue weighted by Gasteiger charge is -2.09. The number of methoxy groups -OCH3 is 1. The standard InChI is InChI=1S/C19H26N4O2/c1-4-5-6-11-20-19-22-14(2)12-17(23-19)18(24)21-13-15-7-9-16(25-3)10-8-15/h7-10,12H,4-6,11,13H2,1-3H3,(H,21,24)(H,20,22,23). The quantitative estimate of drug-likeness (QED) is 0.684. The first kappa shape index (κ1) is 18.7. The molecule has 1 amide bonds. The van der Waals surface area contributed by atoms with Gasteiger partial charge >= 0.3 is 0 Å². The SMILES string of the molecule is CCCCCNc1nc(C)cc(C(=O)NCc2ccc(OC)cc2)n1. The van der Waals surface area contributed by atoms with E-state index < -0.39 is 0 Å². The molecule has 0 spiro atoms. The average Bonchev–Trinajstić information content (AvgIpc) is 2.63. The van der Waals surface area contributed by atoms with Gasteiger partial charge in [0, 0.05) is 18.8 Å². The van der Waals surface area contributed by atoms with E-state index in [1.807, 2.05) is 31.2 Å². The molecule has 0 atom stereocenters. The lowest BCUT2D eigenvalue weighted by atomic mass is 10.2. The van der Waals surface area contributed by atoms with Gasteiger partial charge in [0.1, 0.15) is 11.4 Å². The van der Waals surface area contributed by atoms with E-state index in [2.05, 4.69) is 27.5 Å². The highest BCUT2D eigenvalue weighted by molar-refractivity contribution is 5.92. The molecule has 25 heavy (non-hydrogen) atoms. The molecule has 6 nitrogen and oxygen atoms in total. The number of hydrogen-bond donors (Lipinski definition) is 2. The molecule has 0 saturated carbocycles. The number of anilines is 1. The Morgan fingerprint density at radius 2 is 1.92 bits per heavy atom. The van der Waals surface area contributed by atoms with Crippen LogP contribution in [0.4, 0.5) is 5.95 Å². The summed E-state index contributed by atoms with van der Waals surface area (Å²) in [5.74, 6) is 1.09. The molecule has 2 N–H and O–H groups in total. The minimum Gasteiger partial charge on any atom is -0.497 e. The molecule has 134 valence electrons. The van der Waals surface area contributed by atoms with E-state index in [0.717, 1.165) is 42.8 Å². The van der Waals surface area contributed by atoms with Crippen molar-refractivity contribution in [2.45, 2.75) is 39.7 Å². The normalized spacial score (nSPS) is 10.4. The van der Waals surface area contributed by atoms with E-state index >= 15 is 0 Å².